The molecule has 0 aliphatic rings. The van der Waals surface area contributed by atoms with Crippen LogP contribution in [0.15, 0.2) is 46.9 Å². The zero-order valence-corrected chi connectivity index (χ0v) is 14.4. The molecule has 0 aliphatic carbocycles. The Morgan fingerprint density at radius 2 is 1.79 bits per heavy atom. The highest BCUT2D eigenvalue weighted by molar-refractivity contribution is 14.1. The van der Waals surface area contributed by atoms with E-state index in [0.29, 0.717) is 6.61 Å². The number of rotatable bonds is 5. The van der Waals surface area contributed by atoms with Crippen LogP contribution in [0.2, 0.25) is 0 Å². The van der Waals surface area contributed by atoms with Gasteiger partial charge in [-0.25, -0.2) is 0 Å². The van der Waals surface area contributed by atoms with E-state index in [1.807, 2.05) is 13.1 Å². The van der Waals surface area contributed by atoms with E-state index in [9.17, 15) is 0 Å². The summed E-state index contributed by atoms with van der Waals surface area (Å²) in [5.41, 5.74) is 2.41. The predicted molar refractivity (Wildman–Crippen MR) is 90.4 cm³/mol. The Morgan fingerprint density at radius 3 is 2.42 bits per heavy atom. The Morgan fingerprint density at radius 1 is 1.11 bits per heavy atom. The van der Waals surface area contributed by atoms with Crippen LogP contribution in [0.3, 0.4) is 0 Å². The van der Waals surface area contributed by atoms with Crippen molar-refractivity contribution in [3.05, 3.63) is 61.6 Å². The first-order valence-corrected chi connectivity index (χ1v) is 7.86. The fourth-order valence-electron chi connectivity index (χ4n) is 1.72. The van der Waals surface area contributed by atoms with Crippen molar-refractivity contribution in [1.29, 1.82) is 0 Å². The van der Waals surface area contributed by atoms with E-state index in [0.717, 1.165) is 16.8 Å². The van der Waals surface area contributed by atoms with E-state index in [1.54, 1.807) is 0 Å². The number of hydrogen-bond acceptors (Lipinski definition) is 2. The molecule has 2 aromatic rings. The van der Waals surface area contributed by atoms with Crippen LogP contribution < -0.4 is 10.1 Å². The van der Waals surface area contributed by atoms with Gasteiger partial charge in [0.15, 0.2) is 0 Å². The standard InChI is InChI=1S/C15H15BrINO/c1-18-9-12-4-7-15(14(16)8-12)19-10-11-2-5-13(17)6-3-11/h2-8,18H,9-10H2,1H3. The van der Waals surface area contributed by atoms with Gasteiger partial charge < -0.3 is 10.1 Å². The van der Waals surface area contributed by atoms with Gasteiger partial charge in [0, 0.05) is 10.1 Å². The Kier molecular flexibility index (Phi) is 5.66. The maximum absolute atomic E-state index is 5.83. The van der Waals surface area contributed by atoms with E-state index < -0.39 is 0 Å². The number of hydrogen-bond donors (Lipinski definition) is 1. The average Bonchev–Trinajstić information content (AvgIpc) is 2.40. The van der Waals surface area contributed by atoms with Crippen LogP contribution in [0.25, 0.3) is 0 Å². The van der Waals surface area contributed by atoms with Gasteiger partial charge >= 0.3 is 0 Å². The normalized spacial score (nSPS) is 10.5. The topological polar surface area (TPSA) is 21.3 Å². The number of halogens is 2. The molecule has 0 aromatic heterocycles. The predicted octanol–water partition coefficient (Wildman–Crippen LogP) is 4.35. The van der Waals surface area contributed by atoms with Crippen LogP contribution in [0.1, 0.15) is 11.1 Å². The van der Waals surface area contributed by atoms with Gasteiger partial charge in [-0.3, -0.25) is 0 Å². The van der Waals surface area contributed by atoms with Gasteiger partial charge in [0.25, 0.3) is 0 Å². The molecule has 1 N–H and O–H groups in total. The summed E-state index contributed by atoms with van der Waals surface area (Å²) >= 11 is 5.85. The molecule has 0 amide bonds. The number of nitrogens with one attached hydrogen (secondary N) is 1. The van der Waals surface area contributed by atoms with Crippen molar-refractivity contribution in [2.75, 3.05) is 7.05 Å². The van der Waals surface area contributed by atoms with Crippen LogP contribution in [-0.2, 0) is 13.2 Å². The Bertz CT molecular complexity index is 542. The molecule has 0 bridgehead atoms. The molecule has 0 aliphatic heterocycles. The van der Waals surface area contributed by atoms with Gasteiger partial charge in [0.1, 0.15) is 12.4 Å². The minimum atomic E-state index is 0.584. The minimum Gasteiger partial charge on any atom is -0.488 e. The lowest BCUT2D eigenvalue weighted by atomic mass is 10.2. The third kappa shape index (κ3) is 4.47. The van der Waals surface area contributed by atoms with Crippen molar-refractivity contribution >= 4 is 38.5 Å². The van der Waals surface area contributed by atoms with E-state index >= 15 is 0 Å². The molecular weight excluding hydrogens is 417 g/mol. The van der Waals surface area contributed by atoms with Crippen LogP contribution in [0.4, 0.5) is 0 Å². The molecule has 100 valence electrons. The molecule has 0 saturated carbocycles. The maximum atomic E-state index is 5.83. The summed E-state index contributed by atoms with van der Waals surface area (Å²) in [4.78, 5) is 0. The van der Waals surface area contributed by atoms with E-state index in [2.05, 4.69) is 80.2 Å². The lowest BCUT2D eigenvalue weighted by molar-refractivity contribution is 0.304. The maximum Gasteiger partial charge on any atom is 0.134 e. The fourth-order valence-corrected chi connectivity index (χ4v) is 2.62. The van der Waals surface area contributed by atoms with Crippen molar-refractivity contribution in [1.82, 2.24) is 5.32 Å². The SMILES string of the molecule is CNCc1ccc(OCc2ccc(I)cc2)c(Br)c1. The van der Waals surface area contributed by atoms with E-state index in [-0.39, 0.29) is 0 Å². The highest BCUT2D eigenvalue weighted by Crippen LogP contribution is 2.26. The fraction of sp³-hybridized carbons (Fsp3) is 0.200. The zero-order chi connectivity index (χ0) is 13.7. The summed E-state index contributed by atoms with van der Waals surface area (Å²) in [6.45, 7) is 1.44. The smallest absolute Gasteiger partial charge is 0.134 e. The molecule has 0 heterocycles. The summed E-state index contributed by atoms with van der Waals surface area (Å²) in [6.07, 6.45) is 0. The van der Waals surface area contributed by atoms with Gasteiger partial charge in [-0.05, 0) is 81.0 Å². The second-order valence-electron chi connectivity index (χ2n) is 4.21. The molecule has 0 fully saturated rings. The third-order valence-electron chi connectivity index (χ3n) is 2.68. The van der Waals surface area contributed by atoms with Crippen LogP contribution in [-0.4, -0.2) is 7.05 Å². The van der Waals surface area contributed by atoms with Crippen molar-refractivity contribution < 1.29 is 4.74 Å². The molecule has 0 saturated heterocycles. The van der Waals surface area contributed by atoms with Crippen molar-refractivity contribution in [3.8, 4) is 5.75 Å². The van der Waals surface area contributed by atoms with Crippen molar-refractivity contribution in [2.45, 2.75) is 13.2 Å². The van der Waals surface area contributed by atoms with E-state index in [1.165, 1.54) is 14.7 Å². The van der Waals surface area contributed by atoms with Gasteiger partial charge in [-0.2, -0.15) is 0 Å². The average molecular weight is 432 g/mol. The lowest BCUT2D eigenvalue weighted by Gasteiger charge is -2.10. The summed E-state index contributed by atoms with van der Waals surface area (Å²) in [5, 5.41) is 3.13. The first-order chi connectivity index (χ1) is 9.19. The monoisotopic (exact) mass is 431 g/mol. The van der Waals surface area contributed by atoms with E-state index in [4.69, 9.17) is 4.74 Å². The molecule has 2 aromatic carbocycles. The van der Waals surface area contributed by atoms with Gasteiger partial charge in [0.05, 0.1) is 4.47 Å². The molecule has 0 radical (unpaired) electrons. The summed E-state index contributed by atoms with van der Waals surface area (Å²) in [6, 6.07) is 14.5. The van der Waals surface area contributed by atoms with Crippen LogP contribution >= 0.6 is 38.5 Å². The highest BCUT2D eigenvalue weighted by atomic mass is 127. The lowest BCUT2D eigenvalue weighted by Crippen LogP contribution is -2.05. The highest BCUT2D eigenvalue weighted by Gasteiger charge is 2.03. The van der Waals surface area contributed by atoms with Crippen molar-refractivity contribution in [2.24, 2.45) is 0 Å². The molecule has 19 heavy (non-hydrogen) atoms. The first kappa shape index (κ1) is 14.8. The second kappa shape index (κ2) is 7.26. The summed E-state index contributed by atoms with van der Waals surface area (Å²) in [5.74, 6) is 0.874. The third-order valence-corrected chi connectivity index (χ3v) is 4.02. The molecule has 2 rings (SSSR count). The van der Waals surface area contributed by atoms with Gasteiger partial charge in [0.2, 0.25) is 0 Å². The summed E-state index contributed by atoms with van der Waals surface area (Å²) in [7, 11) is 1.94. The Labute approximate surface area is 135 Å². The zero-order valence-electron chi connectivity index (χ0n) is 10.6. The van der Waals surface area contributed by atoms with Gasteiger partial charge in [-0.15, -0.1) is 0 Å². The number of benzene rings is 2. The molecule has 0 unspecified atom stereocenters. The Balaban J connectivity index is 2.01. The molecular formula is C15H15BrINO. The van der Waals surface area contributed by atoms with Crippen LogP contribution in [0, 0.1) is 3.57 Å². The quantitative estimate of drug-likeness (QED) is 0.710. The Hall–Kier alpha value is -0.590. The molecule has 0 spiro atoms. The second-order valence-corrected chi connectivity index (χ2v) is 6.31. The summed E-state index contributed by atoms with van der Waals surface area (Å²) < 4.78 is 8.05. The molecule has 2 nitrogen and oxygen atoms in total. The van der Waals surface area contributed by atoms with Crippen molar-refractivity contribution in [3.63, 3.8) is 0 Å². The number of ether oxygens (including phenoxy) is 1. The molecule has 0 atom stereocenters. The van der Waals surface area contributed by atoms with Crippen LogP contribution in [0.5, 0.6) is 5.75 Å². The minimum absolute atomic E-state index is 0.584. The van der Waals surface area contributed by atoms with Gasteiger partial charge in [-0.1, -0.05) is 18.2 Å². The largest absolute Gasteiger partial charge is 0.488 e. The molecule has 4 heteroatoms. The first-order valence-electron chi connectivity index (χ1n) is 5.99.